The average Bonchev–Trinajstić information content (AvgIpc) is 2.53. The zero-order valence-corrected chi connectivity index (χ0v) is 12.9. The third-order valence-electron chi connectivity index (χ3n) is 3.37. The SMILES string of the molecule is COC(=O)/C=C(\c1ccc(C)cc1)c1ccc(OC)c(N)c1. The first kappa shape index (κ1) is 15.6. The zero-order valence-electron chi connectivity index (χ0n) is 12.9. The van der Waals surface area contributed by atoms with Crippen molar-refractivity contribution in [3.05, 3.63) is 65.2 Å². The van der Waals surface area contributed by atoms with Gasteiger partial charge in [-0.25, -0.2) is 4.79 Å². The van der Waals surface area contributed by atoms with Gasteiger partial charge in [0.25, 0.3) is 0 Å². The Kier molecular flexibility index (Phi) is 4.84. The Bertz CT molecular complexity index is 703. The predicted octanol–water partition coefficient (Wildman–Crippen LogP) is 3.19. The van der Waals surface area contributed by atoms with Gasteiger partial charge >= 0.3 is 5.97 Å². The van der Waals surface area contributed by atoms with Crippen LogP contribution >= 0.6 is 0 Å². The zero-order chi connectivity index (χ0) is 16.1. The maximum atomic E-state index is 11.7. The van der Waals surface area contributed by atoms with E-state index in [0.717, 1.165) is 22.3 Å². The molecule has 0 unspecified atom stereocenters. The monoisotopic (exact) mass is 297 g/mol. The Balaban J connectivity index is 2.54. The van der Waals surface area contributed by atoms with Crippen molar-refractivity contribution in [2.45, 2.75) is 6.92 Å². The number of carbonyl (C=O) groups is 1. The highest BCUT2D eigenvalue weighted by atomic mass is 16.5. The molecular weight excluding hydrogens is 278 g/mol. The number of benzene rings is 2. The van der Waals surface area contributed by atoms with Gasteiger partial charge in [0.1, 0.15) is 5.75 Å². The number of nitrogens with two attached hydrogens (primary N) is 1. The highest BCUT2D eigenvalue weighted by molar-refractivity contribution is 5.96. The summed E-state index contributed by atoms with van der Waals surface area (Å²) in [6, 6.07) is 13.3. The van der Waals surface area contributed by atoms with Gasteiger partial charge < -0.3 is 15.2 Å². The molecule has 2 rings (SSSR count). The van der Waals surface area contributed by atoms with Gasteiger partial charge in [0.05, 0.1) is 19.9 Å². The van der Waals surface area contributed by atoms with Crippen LogP contribution in [0, 0.1) is 6.92 Å². The first-order valence-electron chi connectivity index (χ1n) is 6.85. The maximum Gasteiger partial charge on any atom is 0.331 e. The van der Waals surface area contributed by atoms with E-state index < -0.39 is 5.97 Å². The van der Waals surface area contributed by atoms with Crippen LogP contribution in [0.3, 0.4) is 0 Å². The lowest BCUT2D eigenvalue weighted by molar-refractivity contribution is -0.134. The van der Waals surface area contributed by atoms with Crippen LogP contribution in [0.25, 0.3) is 5.57 Å². The van der Waals surface area contributed by atoms with E-state index in [1.807, 2.05) is 37.3 Å². The summed E-state index contributed by atoms with van der Waals surface area (Å²) in [4.78, 5) is 11.7. The second kappa shape index (κ2) is 6.80. The lowest BCUT2D eigenvalue weighted by Crippen LogP contribution is -2.00. The summed E-state index contributed by atoms with van der Waals surface area (Å²) in [6.07, 6.45) is 1.46. The van der Waals surface area contributed by atoms with Crippen LogP contribution < -0.4 is 10.5 Å². The standard InChI is InChI=1S/C18H19NO3/c1-12-4-6-13(7-5-12)15(11-18(20)22-3)14-8-9-17(21-2)16(19)10-14/h4-11H,19H2,1-3H3/b15-11+. The smallest absolute Gasteiger partial charge is 0.331 e. The molecule has 4 heteroatoms. The van der Waals surface area contributed by atoms with Gasteiger partial charge in [-0.05, 0) is 35.8 Å². The molecule has 0 saturated heterocycles. The van der Waals surface area contributed by atoms with E-state index in [4.69, 9.17) is 15.2 Å². The molecule has 0 spiro atoms. The fraction of sp³-hybridized carbons (Fsp3) is 0.167. The van der Waals surface area contributed by atoms with E-state index in [1.165, 1.54) is 13.2 Å². The van der Waals surface area contributed by atoms with Crippen LogP contribution in [-0.2, 0) is 9.53 Å². The van der Waals surface area contributed by atoms with Gasteiger partial charge in [-0.3, -0.25) is 0 Å². The molecule has 0 bridgehead atoms. The van der Waals surface area contributed by atoms with E-state index in [9.17, 15) is 4.79 Å². The van der Waals surface area contributed by atoms with Crippen molar-refractivity contribution in [1.82, 2.24) is 0 Å². The van der Waals surface area contributed by atoms with E-state index >= 15 is 0 Å². The van der Waals surface area contributed by atoms with Gasteiger partial charge in [0, 0.05) is 6.08 Å². The molecule has 0 saturated carbocycles. The molecule has 0 aliphatic heterocycles. The van der Waals surface area contributed by atoms with Crippen molar-refractivity contribution in [3.63, 3.8) is 0 Å². The van der Waals surface area contributed by atoms with Crippen molar-refractivity contribution in [3.8, 4) is 5.75 Å². The van der Waals surface area contributed by atoms with Crippen molar-refractivity contribution in [2.75, 3.05) is 20.0 Å². The van der Waals surface area contributed by atoms with Crippen LogP contribution in [-0.4, -0.2) is 20.2 Å². The molecule has 4 nitrogen and oxygen atoms in total. The molecule has 114 valence electrons. The number of aryl methyl sites for hydroxylation is 1. The Labute approximate surface area is 130 Å². The van der Waals surface area contributed by atoms with Gasteiger partial charge in [-0.1, -0.05) is 35.9 Å². The van der Waals surface area contributed by atoms with Crippen molar-refractivity contribution in [2.24, 2.45) is 0 Å². The van der Waals surface area contributed by atoms with Gasteiger partial charge in [-0.15, -0.1) is 0 Å². The molecule has 2 aromatic rings. The number of carbonyl (C=O) groups excluding carboxylic acids is 1. The first-order valence-corrected chi connectivity index (χ1v) is 6.85. The Morgan fingerprint density at radius 1 is 1.05 bits per heavy atom. The molecule has 0 aliphatic rings. The van der Waals surface area contributed by atoms with Crippen molar-refractivity contribution < 1.29 is 14.3 Å². The third-order valence-corrected chi connectivity index (χ3v) is 3.37. The molecule has 22 heavy (non-hydrogen) atoms. The van der Waals surface area contributed by atoms with E-state index in [1.54, 1.807) is 19.2 Å². The topological polar surface area (TPSA) is 61.5 Å². The molecular formula is C18H19NO3. The Morgan fingerprint density at radius 3 is 2.23 bits per heavy atom. The maximum absolute atomic E-state index is 11.7. The minimum atomic E-state index is -0.412. The number of hydrogen-bond donors (Lipinski definition) is 1. The second-order valence-corrected chi connectivity index (χ2v) is 4.90. The largest absolute Gasteiger partial charge is 0.495 e. The molecule has 2 aromatic carbocycles. The number of anilines is 1. The molecule has 0 aromatic heterocycles. The summed E-state index contributed by atoms with van der Waals surface area (Å²) in [5.74, 6) is 0.190. The molecule has 0 aliphatic carbocycles. The number of hydrogen-bond acceptors (Lipinski definition) is 4. The lowest BCUT2D eigenvalue weighted by atomic mass is 9.96. The number of esters is 1. The van der Waals surface area contributed by atoms with Gasteiger partial charge in [0.2, 0.25) is 0 Å². The van der Waals surface area contributed by atoms with Crippen LogP contribution in [0.5, 0.6) is 5.75 Å². The molecule has 0 fully saturated rings. The number of nitrogen functional groups attached to an aromatic ring is 1. The van der Waals surface area contributed by atoms with Crippen LogP contribution in [0.1, 0.15) is 16.7 Å². The molecule has 0 amide bonds. The predicted molar refractivity (Wildman–Crippen MR) is 87.7 cm³/mol. The molecule has 2 N–H and O–H groups in total. The Morgan fingerprint density at radius 2 is 1.68 bits per heavy atom. The summed E-state index contributed by atoms with van der Waals surface area (Å²) < 4.78 is 9.92. The average molecular weight is 297 g/mol. The van der Waals surface area contributed by atoms with Gasteiger partial charge in [-0.2, -0.15) is 0 Å². The van der Waals surface area contributed by atoms with Crippen LogP contribution in [0.15, 0.2) is 48.5 Å². The quantitative estimate of drug-likeness (QED) is 0.535. The van der Waals surface area contributed by atoms with E-state index in [2.05, 4.69) is 0 Å². The molecule has 0 atom stereocenters. The first-order chi connectivity index (χ1) is 10.5. The number of rotatable bonds is 4. The fourth-order valence-electron chi connectivity index (χ4n) is 2.15. The minimum absolute atomic E-state index is 0.412. The van der Waals surface area contributed by atoms with Gasteiger partial charge in [0.15, 0.2) is 0 Å². The normalized spacial score (nSPS) is 11.1. The molecule has 0 heterocycles. The number of ether oxygens (including phenoxy) is 2. The summed E-state index contributed by atoms with van der Waals surface area (Å²) >= 11 is 0. The lowest BCUT2D eigenvalue weighted by Gasteiger charge is -2.11. The van der Waals surface area contributed by atoms with Crippen LogP contribution in [0.4, 0.5) is 5.69 Å². The van der Waals surface area contributed by atoms with Crippen molar-refractivity contribution >= 4 is 17.2 Å². The van der Waals surface area contributed by atoms with E-state index in [0.29, 0.717) is 11.4 Å². The summed E-state index contributed by atoms with van der Waals surface area (Å²) in [7, 11) is 2.92. The third kappa shape index (κ3) is 3.47. The highest BCUT2D eigenvalue weighted by Crippen LogP contribution is 2.29. The van der Waals surface area contributed by atoms with E-state index in [-0.39, 0.29) is 0 Å². The summed E-state index contributed by atoms with van der Waals surface area (Å²) in [6.45, 7) is 2.01. The molecule has 0 radical (unpaired) electrons. The summed E-state index contributed by atoms with van der Waals surface area (Å²) in [5, 5.41) is 0. The minimum Gasteiger partial charge on any atom is -0.495 e. The number of methoxy groups -OCH3 is 2. The van der Waals surface area contributed by atoms with Crippen LogP contribution in [0.2, 0.25) is 0 Å². The fourth-order valence-corrected chi connectivity index (χ4v) is 2.15. The second-order valence-electron chi connectivity index (χ2n) is 4.90. The Hall–Kier alpha value is -2.75. The summed E-state index contributed by atoms with van der Waals surface area (Å²) in [5.41, 5.74) is 10.1. The highest BCUT2D eigenvalue weighted by Gasteiger charge is 2.10. The van der Waals surface area contributed by atoms with Crippen molar-refractivity contribution in [1.29, 1.82) is 0 Å².